The van der Waals surface area contributed by atoms with Gasteiger partial charge in [-0.15, -0.1) is 0 Å². The highest BCUT2D eigenvalue weighted by Gasteiger charge is 2.34. The van der Waals surface area contributed by atoms with Crippen LogP contribution in [0.5, 0.6) is 0 Å². The van der Waals surface area contributed by atoms with Crippen molar-refractivity contribution in [2.24, 2.45) is 27.1 Å². The molecule has 0 bridgehead atoms. The van der Waals surface area contributed by atoms with E-state index in [1.165, 1.54) is 372 Å². The molecular formula is C84H160. The normalized spacial score (nSPS) is 28.0. The minimum absolute atomic E-state index is 0. The van der Waals surface area contributed by atoms with Gasteiger partial charge < -0.3 is 0 Å². The van der Waals surface area contributed by atoms with Crippen molar-refractivity contribution in [1.29, 1.82) is 0 Å². The highest BCUT2D eigenvalue weighted by molar-refractivity contribution is 4.87. The van der Waals surface area contributed by atoms with Gasteiger partial charge in [0, 0.05) is 0 Å². The van der Waals surface area contributed by atoms with E-state index < -0.39 is 0 Å². The molecule has 0 amide bonds. The third-order valence-electron chi connectivity index (χ3n) is 26.1. The van der Waals surface area contributed by atoms with Crippen LogP contribution in [0.1, 0.15) is 508 Å². The maximum Gasteiger partial charge on any atom is -0.0297 e. The van der Waals surface area contributed by atoms with Crippen molar-refractivity contribution in [3.05, 3.63) is 0 Å². The Labute approximate surface area is 532 Å². The minimum Gasteiger partial charge on any atom is -0.0776 e. The van der Waals surface area contributed by atoms with Gasteiger partial charge >= 0.3 is 0 Å². The molecule has 0 aliphatic heterocycles. The molecule has 0 nitrogen and oxygen atoms in total. The number of rotatable bonds is 0. The van der Waals surface area contributed by atoms with Gasteiger partial charge in [0.1, 0.15) is 0 Å². The van der Waals surface area contributed by atoms with E-state index in [1.54, 1.807) is 128 Å². The largest absolute Gasteiger partial charge is 0.0776 e. The molecule has 0 heteroatoms. The van der Waals surface area contributed by atoms with Crippen molar-refractivity contribution in [2.45, 2.75) is 508 Å². The quantitative estimate of drug-likeness (QED) is 0.227. The molecule has 0 aromatic heterocycles. The predicted molar refractivity (Wildman–Crippen MR) is 379 cm³/mol. The van der Waals surface area contributed by atoms with Crippen molar-refractivity contribution >= 4 is 0 Å². The predicted octanol–water partition coefficient (Wildman–Crippen LogP) is 31.1. The summed E-state index contributed by atoms with van der Waals surface area (Å²) >= 11 is 0. The van der Waals surface area contributed by atoms with Crippen LogP contribution in [0.4, 0.5) is 0 Å². The number of hydrogen-bond donors (Lipinski definition) is 0. The van der Waals surface area contributed by atoms with Crippen LogP contribution in [0.15, 0.2) is 0 Å². The fourth-order valence-electron chi connectivity index (χ4n) is 20.5. The molecule has 0 aromatic rings. The molecule has 0 saturated heterocycles. The van der Waals surface area contributed by atoms with E-state index in [-0.39, 0.29) is 7.43 Å². The fourth-order valence-corrected chi connectivity index (χ4v) is 20.5. The van der Waals surface area contributed by atoms with Crippen molar-refractivity contribution in [3.63, 3.8) is 0 Å². The summed E-state index contributed by atoms with van der Waals surface area (Å²) in [5.74, 6) is 0. The monoisotopic (exact) mass is 1170 g/mol. The first-order chi connectivity index (χ1) is 41.1. The molecule has 0 N–H and O–H groups in total. The molecule has 496 valence electrons. The summed E-state index contributed by atoms with van der Waals surface area (Å²) < 4.78 is 0. The Morgan fingerprint density at radius 2 is 0.119 bits per heavy atom. The van der Waals surface area contributed by atoms with Crippen LogP contribution < -0.4 is 0 Å². The van der Waals surface area contributed by atoms with Crippen LogP contribution in [0.3, 0.4) is 0 Å². The minimum atomic E-state index is 0. The second-order valence-corrected chi connectivity index (χ2v) is 33.0. The van der Waals surface area contributed by atoms with Gasteiger partial charge in [-0.05, 0) is 155 Å². The first kappa shape index (κ1) is 74.7. The Kier molecular flexibility index (Phi) is 42.6. The summed E-state index contributed by atoms with van der Waals surface area (Å²) in [6, 6.07) is 0. The summed E-state index contributed by atoms with van der Waals surface area (Å²) in [6.45, 7) is 0. The Morgan fingerprint density at radius 3 is 0.179 bits per heavy atom. The summed E-state index contributed by atoms with van der Waals surface area (Å²) in [5, 5.41) is 0. The summed E-state index contributed by atoms with van der Waals surface area (Å²) in [7, 11) is 0. The van der Waals surface area contributed by atoms with Gasteiger partial charge in [-0.3, -0.25) is 0 Å². The average molecular weight is 1170 g/mol. The lowest BCUT2D eigenvalue weighted by atomic mass is 9.69. The summed E-state index contributed by atoms with van der Waals surface area (Å²) in [4.78, 5) is 0. The molecule has 0 heterocycles. The molecule has 10 fully saturated rings. The van der Waals surface area contributed by atoms with Gasteiger partial charge in [0.2, 0.25) is 0 Å². The van der Waals surface area contributed by atoms with E-state index >= 15 is 0 Å². The first-order valence-electron chi connectivity index (χ1n) is 41.1. The van der Waals surface area contributed by atoms with Crippen LogP contribution >= 0.6 is 0 Å². The molecule has 84 heavy (non-hydrogen) atoms. The molecule has 10 rings (SSSR count). The zero-order chi connectivity index (χ0) is 57.7. The van der Waals surface area contributed by atoms with Crippen LogP contribution in [0.2, 0.25) is 0 Å². The second-order valence-electron chi connectivity index (χ2n) is 33.0. The highest BCUT2D eigenvalue weighted by atomic mass is 14.4. The van der Waals surface area contributed by atoms with Gasteiger partial charge in [0.15, 0.2) is 0 Å². The maximum absolute atomic E-state index is 1.56. The van der Waals surface area contributed by atoms with Crippen LogP contribution in [0.25, 0.3) is 0 Å². The van der Waals surface area contributed by atoms with Crippen molar-refractivity contribution in [1.82, 2.24) is 0 Å². The lowest BCUT2D eigenvalue weighted by Crippen LogP contribution is -2.23. The van der Waals surface area contributed by atoms with Gasteiger partial charge in [-0.2, -0.15) is 0 Å². The zero-order valence-corrected chi connectivity index (χ0v) is 57.7. The van der Waals surface area contributed by atoms with Crippen LogP contribution in [-0.4, -0.2) is 0 Å². The van der Waals surface area contributed by atoms with Crippen LogP contribution in [0, 0.1) is 27.1 Å². The molecule has 10 saturated carbocycles. The zero-order valence-electron chi connectivity index (χ0n) is 57.7. The molecule has 0 atom stereocenters. The van der Waals surface area contributed by atoms with E-state index in [2.05, 4.69) is 0 Å². The molecule has 10 aliphatic rings. The Balaban J connectivity index is 0.000000192. The Morgan fingerprint density at radius 1 is 0.0714 bits per heavy atom. The van der Waals surface area contributed by atoms with Gasteiger partial charge in [-0.25, -0.2) is 0 Å². The van der Waals surface area contributed by atoms with Gasteiger partial charge in [-0.1, -0.05) is 380 Å². The van der Waals surface area contributed by atoms with Crippen molar-refractivity contribution < 1.29 is 0 Å². The Bertz CT molecular complexity index is 1330. The smallest absolute Gasteiger partial charge is 0.0297 e. The van der Waals surface area contributed by atoms with E-state index in [9.17, 15) is 0 Å². The van der Waals surface area contributed by atoms with E-state index in [0.29, 0.717) is 0 Å². The molecule has 0 radical (unpaired) electrons. The van der Waals surface area contributed by atoms with Crippen molar-refractivity contribution in [2.75, 3.05) is 0 Å². The first-order valence-corrected chi connectivity index (χ1v) is 41.1. The number of hydrogen-bond acceptors (Lipinski definition) is 0. The lowest BCUT2D eigenvalue weighted by Gasteiger charge is -2.37. The Hall–Kier alpha value is 0. The third kappa shape index (κ3) is 32.8. The molecule has 5 spiro atoms. The van der Waals surface area contributed by atoms with E-state index in [4.69, 9.17) is 0 Å². The maximum atomic E-state index is 1.56. The molecule has 0 unspecified atom stereocenters. The average Bonchev–Trinajstić information content (AvgIpc) is 3.83. The summed E-state index contributed by atoms with van der Waals surface area (Å²) in [6.07, 6.45) is 119. The molecule has 10 aliphatic carbocycles. The fraction of sp³-hybridized carbons (Fsp3) is 1.00. The summed E-state index contributed by atoms with van der Waals surface area (Å²) in [5.41, 5.74) is 3.97. The van der Waals surface area contributed by atoms with E-state index in [1.807, 2.05) is 0 Å². The van der Waals surface area contributed by atoms with Crippen LogP contribution in [-0.2, 0) is 0 Å². The second kappa shape index (κ2) is 47.8. The van der Waals surface area contributed by atoms with Gasteiger partial charge in [0.05, 0.1) is 0 Å². The topological polar surface area (TPSA) is 0 Å². The SMILES string of the molecule is C.C1CCCC2(CCC1)CCCCCCC2.C1CCCCC2(CCC1)CCCCCCC2.C1CCCCC2(CCCC1)CCCCCCC2.C1CCCCCC2(CCCC1)CCCCCC2.C1CCCCCC2(CCCC1)CCCCCCC2. The third-order valence-corrected chi connectivity index (χ3v) is 26.1. The standard InChI is InChI=1S/C18H34.2C17H32.C16H30.C15H28.CH4/c1-2-4-7-11-15-18(14-10-6-3-1)16-12-8-5-9-13-17-18;1-2-5-9-13-17(14-10-6-3-1)15-11-7-4-8-12-16-17;1-2-4-6-10-14-17(13-9-5-3-1)15-11-7-8-12-16-17;1-2-5-9-13-16(12-8-4-1)14-10-6-3-7-11-15-16;1-3-7-11-15(12-8-4-1)13-9-5-2-6-10-14-15;/h1-17H2;2*1-16H2;1-15H2;1-14H2;1H4. The van der Waals surface area contributed by atoms with E-state index in [0.717, 1.165) is 27.1 Å². The molecular weight excluding hydrogens is 1010 g/mol. The lowest BCUT2D eigenvalue weighted by molar-refractivity contribution is 0.155. The van der Waals surface area contributed by atoms with Crippen molar-refractivity contribution in [3.8, 4) is 0 Å². The highest BCUT2D eigenvalue weighted by Crippen LogP contribution is 2.49. The van der Waals surface area contributed by atoms with Gasteiger partial charge in [0.25, 0.3) is 0 Å². The molecule has 0 aromatic carbocycles.